The SMILES string of the molecule is O=C(Nc1ccc(C(=O)N2CCCN(CCCOc3ccc(F)cc3)c3ccccc32)cc1)c1ccccc1-c1ccccc1. The molecule has 0 unspecified atom stereocenters. The van der Waals surface area contributed by atoms with E-state index in [4.69, 9.17) is 4.74 Å². The fourth-order valence-corrected chi connectivity index (χ4v) is 5.64. The maximum absolute atomic E-state index is 13.8. The van der Waals surface area contributed by atoms with Gasteiger partial charge >= 0.3 is 0 Å². The Bertz CT molecular complexity index is 1760. The van der Waals surface area contributed by atoms with E-state index in [2.05, 4.69) is 10.2 Å². The van der Waals surface area contributed by atoms with Crippen LogP contribution in [0.5, 0.6) is 5.75 Å². The third kappa shape index (κ3) is 7.04. The first-order chi connectivity index (χ1) is 22.1. The smallest absolute Gasteiger partial charge is 0.258 e. The van der Waals surface area contributed by atoms with Crippen LogP contribution in [0.2, 0.25) is 0 Å². The molecule has 1 N–H and O–H groups in total. The van der Waals surface area contributed by atoms with E-state index in [9.17, 15) is 14.0 Å². The lowest BCUT2D eigenvalue weighted by molar-refractivity contribution is 0.0986. The average molecular weight is 600 g/mol. The van der Waals surface area contributed by atoms with Gasteiger partial charge in [-0.1, -0.05) is 60.7 Å². The highest BCUT2D eigenvalue weighted by atomic mass is 19.1. The number of para-hydroxylation sites is 2. The zero-order valence-corrected chi connectivity index (χ0v) is 24.9. The number of hydrogen-bond acceptors (Lipinski definition) is 4. The average Bonchev–Trinajstić information content (AvgIpc) is 3.27. The number of ether oxygens (including phenoxy) is 1. The molecule has 226 valence electrons. The molecule has 0 bridgehead atoms. The van der Waals surface area contributed by atoms with Crippen LogP contribution in [-0.2, 0) is 0 Å². The van der Waals surface area contributed by atoms with Gasteiger partial charge in [-0.05, 0) is 90.7 Å². The lowest BCUT2D eigenvalue weighted by Crippen LogP contribution is -2.31. The number of nitrogens with zero attached hydrogens (tertiary/aromatic N) is 2. The molecular weight excluding hydrogens is 565 g/mol. The number of hydrogen-bond donors (Lipinski definition) is 1. The van der Waals surface area contributed by atoms with E-state index in [-0.39, 0.29) is 17.6 Å². The molecule has 0 saturated heterocycles. The van der Waals surface area contributed by atoms with E-state index in [1.165, 1.54) is 12.1 Å². The van der Waals surface area contributed by atoms with Crippen LogP contribution < -0.4 is 19.9 Å². The second kappa shape index (κ2) is 13.9. The second-order valence-corrected chi connectivity index (χ2v) is 10.9. The molecule has 0 radical (unpaired) electrons. The Morgan fingerprint density at radius 2 is 1.42 bits per heavy atom. The van der Waals surface area contributed by atoms with Crippen molar-refractivity contribution in [2.24, 2.45) is 0 Å². The van der Waals surface area contributed by atoms with Crippen molar-refractivity contribution in [1.82, 2.24) is 0 Å². The van der Waals surface area contributed by atoms with Gasteiger partial charge in [0.2, 0.25) is 0 Å². The number of rotatable bonds is 9. The summed E-state index contributed by atoms with van der Waals surface area (Å²) in [5.41, 5.74) is 5.45. The third-order valence-corrected chi connectivity index (χ3v) is 7.87. The minimum absolute atomic E-state index is 0.0868. The molecule has 45 heavy (non-hydrogen) atoms. The molecule has 0 saturated carbocycles. The van der Waals surface area contributed by atoms with E-state index in [1.807, 2.05) is 83.8 Å². The zero-order chi connectivity index (χ0) is 31.0. The number of nitrogens with one attached hydrogen (secondary N) is 1. The molecule has 7 heteroatoms. The highest BCUT2D eigenvalue weighted by Crippen LogP contribution is 2.33. The van der Waals surface area contributed by atoms with Gasteiger partial charge in [0.05, 0.1) is 18.0 Å². The Kier molecular flexibility index (Phi) is 9.16. The molecule has 0 fully saturated rings. The van der Waals surface area contributed by atoms with Crippen LogP contribution in [0.1, 0.15) is 33.6 Å². The van der Waals surface area contributed by atoms with Gasteiger partial charge < -0.3 is 19.9 Å². The minimum atomic E-state index is -0.286. The molecule has 2 amide bonds. The number of amides is 2. The topological polar surface area (TPSA) is 61.9 Å². The molecule has 5 aromatic rings. The minimum Gasteiger partial charge on any atom is -0.494 e. The fraction of sp³-hybridized carbons (Fsp3) is 0.158. The van der Waals surface area contributed by atoms with Crippen LogP contribution in [0, 0.1) is 5.82 Å². The van der Waals surface area contributed by atoms with E-state index in [0.29, 0.717) is 35.7 Å². The van der Waals surface area contributed by atoms with E-state index < -0.39 is 0 Å². The predicted molar refractivity (Wildman–Crippen MR) is 178 cm³/mol. The Balaban J connectivity index is 1.11. The Morgan fingerprint density at radius 3 is 2.20 bits per heavy atom. The van der Waals surface area contributed by atoms with Crippen molar-refractivity contribution >= 4 is 28.9 Å². The highest BCUT2D eigenvalue weighted by Gasteiger charge is 2.25. The number of benzene rings is 5. The second-order valence-electron chi connectivity index (χ2n) is 10.9. The van der Waals surface area contributed by atoms with Gasteiger partial charge in [0.15, 0.2) is 0 Å². The van der Waals surface area contributed by atoms with Crippen LogP contribution in [-0.4, -0.2) is 38.1 Å². The van der Waals surface area contributed by atoms with Gasteiger partial charge in [0.25, 0.3) is 11.8 Å². The quantitative estimate of drug-likeness (QED) is 0.174. The van der Waals surface area contributed by atoms with Crippen LogP contribution in [0.4, 0.5) is 21.5 Å². The zero-order valence-electron chi connectivity index (χ0n) is 24.9. The Labute approximate surface area is 262 Å². The summed E-state index contributed by atoms with van der Waals surface area (Å²) >= 11 is 0. The summed E-state index contributed by atoms with van der Waals surface area (Å²) in [5.74, 6) is 0.0624. The molecule has 1 aliphatic rings. The molecular formula is C38H34FN3O3. The van der Waals surface area contributed by atoms with Crippen LogP contribution in [0.15, 0.2) is 127 Å². The van der Waals surface area contributed by atoms with E-state index >= 15 is 0 Å². The number of fused-ring (bicyclic) bond motifs is 1. The molecule has 6 nitrogen and oxygen atoms in total. The Hall–Kier alpha value is -5.43. The van der Waals surface area contributed by atoms with Gasteiger partial charge in [0.1, 0.15) is 11.6 Å². The number of carbonyl (C=O) groups is 2. The predicted octanol–water partition coefficient (Wildman–Crippen LogP) is 8.07. The molecule has 5 aromatic carbocycles. The first-order valence-electron chi connectivity index (χ1n) is 15.2. The summed E-state index contributed by atoms with van der Waals surface area (Å²) in [7, 11) is 0. The van der Waals surface area contributed by atoms with Crippen molar-refractivity contribution in [2.75, 3.05) is 41.4 Å². The maximum Gasteiger partial charge on any atom is 0.258 e. The van der Waals surface area contributed by atoms with Crippen molar-refractivity contribution in [3.63, 3.8) is 0 Å². The van der Waals surface area contributed by atoms with E-state index in [0.717, 1.165) is 48.4 Å². The Morgan fingerprint density at radius 1 is 0.733 bits per heavy atom. The van der Waals surface area contributed by atoms with Crippen molar-refractivity contribution in [3.8, 4) is 16.9 Å². The van der Waals surface area contributed by atoms with Crippen molar-refractivity contribution in [1.29, 1.82) is 0 Å². The monoisotopic (exact) mass is 599 g/mol. The largest absolute Gasteiger partial charge is 0.494 e. The maximum atomic E-state index is 13.8. The van der Waals surface area contributed by atoms with Crippen LogP contribution >= 0.6 is 0 Å². The molecule has 1 heterocycles. The van der Waals surface area contributed by atoms with Gasteiger partial charge in [-0.15, -0.1) is 0 Å². The summed E-state index contributed by atoms with van der Waals surface area (Å²) in [6.07, 6.45) is 1.59. The number of carbonyl (C=O) groups excluding carboxylic acids is 2. The lowest BCUT2D eigenvalue weighted by atomic mass is 9.99. The first-order valence-corrected chi connectivity index (χ1v) is 15.2. The third-order valence-electron chi connectivity index (χ3n) is 7.87. The van der Waals surface area contributed by atoms with E-state index in [1.54, 1.807) is 36.4 Å². The van der Waals surface area contributed by atoms with Crippen LogP contribution in [0.3, 0.4) is 0 Å². The first kappa shape index (κ1) is 29.6. The van der Waals surface area contributed by atoms with Crippen molar-refractivity contribution in [3.05, 3.63) is 144 Å². The normalized spacial score (nSPS) is 12.6. The van der Waals surface area contributed by atoms with Crippen LogP contribution in [0.25, 0.3) is 11.1 Å². The molecule has 0 aromatic heterocycles. The lowest BCUT2D eigenvalue weighted by Gasteiger charge is -2.27. The van der Waals surface area contributed by atoms with Gasteiger partial charge in [-0.3, -0.25) is 9.59 Å². The molecule has 0 aliphatic carbocycles. The van der Waals surface area contributed by atoms with Gasteiger partial charge in [-0.2, -0.15) is 0 Å². The molecule has 1 aliphatic heterocycles. The summed E-state index contributed by atoms with van der Waals surface area (Å²) in [4.78, 5) is 31.2. The highest BCUT2D eigenvalue weighted by molar-refractivity contribution is 6.10. The summed E-state index contributed by atoms with van der Waals surface area (Å²) in [5, 5.41) is 2.99. The van der Waals surface area contributed by atoms with Crippen molar-refractivity contribution < 1.29 is 18.7 Å². The molecule has 0 atom stereocenters. The van der Waals surface area contributed by atoms with Crippen molar-refractivity contribution in [2.45, 2.75) is 12.8 Å². The fourth-order valence-electron chi connectivity index (χ4n) is 5.64. The standard InChI is InChI=1S/C38H34FN3O3/c39-30-18-22-32(23-19-30)45-27-9-25-41-24-8-26-42(36-15-7-6-14-35(36)41)38(44)29-16-20-31(21-17-29)40-37(43)34-13-5-4-12-33(34)28-10-2-1-3-11-28/h1-7,10-23H,8-9,24-27H2,(H,40,43). The van der Waals surface area contributed by atoms with Gasteiger partial charge in [0, 0.05) is 36.4 Å². The summed E-state index contributed by atoms with van der Waals surface area (Å²) in [6, 6.07) is 38.4. The van der Waals surface area contributed by atoms with Gasteiger partial charge in [-0.25, -0.2) is 4.39 Å². The molecule has 6 rings (SSSR count). The molecule has 0 spiro atoms. The number of anilines is 3. The summed E-state index contributed by atoms with van der Waals surface area (Å²) in [6.45, 7) is 2.68. The number of halogens is 1. The summed E-state index contributed by atoms with van der Waals surface area (Å²) < 4.78 is 19.0.